The number of carbonyl (C=O) groups excluding carboxylic acids is 1. The largest absolute Gasteiger partial charge is 0.295 e. The molecule has 0 atom stereocenters. The molecule has 0 aromatic rings. The van der Waals surface area contributed by atoms with Crippen LogP contribution in [0, 0.1) is 0 Å². The van der Waals surface area contributed by atoms with Crippen LogP contribution in [0.1, 0.15) is 6.92 Å². The second kappa shape index (κ2) is 9.67. The predicted octanol–water partition coefficient (Wildman–Crippen LogP) is 2.13. The third-order valence-electron chi connectivity index (χ3n) is 0.287. The molecule has 0 heterocycles. The topological polar surface area (TPSA) is 17.1 Å². The maximum Gasteiger partial charge on any atom is 0.152 e. The molecule has 8 heavy (non-hydrogen) atoms. The van der Waals surface area contributed by atoms with E-state index in [4.69, 9.17) is 11.6 Å². The Morgan fingerprint density at radius 1 is 1.62 bits per heavy atom. The standard InChI is InChI=1S/C4H6O.C2H3Cl/c1-3-4(2)5;1-2-3/h3H,1H2,2H3;2H,1H2. The van der Waals surface area contributed by atoms with Crippen molar-refractivity contribution in [1.82, 2.24) is 0 Å². The molecule has 0 saturated carbocycles. The lowest BCUT2D eigenvalue weighted by Gasteiger charge is -1.62. The molecule has 0 saturated heterocycles. The van der Waals surface area contributed by atoms with E-state index < -0.39 is 0 Å². The van der Waals surface area contributed by atoms with E-state index in [-0.39, 0.29) is 5.78 Å². The van der Waals surface area contributed by atoms with Gasteiger partial charge in [-0.25, -0.2) is 0 Å². The maximum absolute atomic E-state index is 9.69. The van der Waals surface area contributed by atoms with Gasteiger partial charge in [0.25, 0.3) is 0 Å². The molecule has 0 aromatic heterocycles. The molecule has 1 nitrogen and oxygen atoms in total. The van der Waals surface area contributed by atoms with Crippen molar-refractivity contribution in [2.45, 2.75) is 6.92 Å². The van der Waals surface area contributed by atoms with E-state index in [1.54, 1.807) is 0 Å². The minimum atomic E-state index is 0.0185. The van der Waals surface area contributed by atoms with E-state index in [1.807, 2.05) is 0 Å². The Labute approximate surface area is 54.7 Å². The van der Waals surface area contributed by atoms with Crippen molar-refractivity contribution < 1.29 is 4.79 Å². The lowest BCUT2D eigenvalue weighted by atomic mass is 10.5. The zero-order valence-corrected chi connectivity index (χ0v) is 5.61. The van der Waals surface area contributed by atoms with Crippen molar-refractivity contribution in [3.05, 3.63) is 24.8 Å². The molecular weight excluding hydrogens is 124 g/mol. The van der Waals surface area contributed by atoms with Crippen LogP contribution in [0.3, 0.4) is 0 Å². The Morgan fingerprint density at radius 2 is 1.75 bits per heavy atom. The van der Waals surface area contributed by atoms with Gasteiger partial charge in [0.05, 0.1) is 0 Å². The summed E-state index contributed by atoms with van der Waals surface area (Å²) in [6.07, 6.45) is 1.28. The first kappa shape index (κ1) is 10.4. The molecule has 0 bridgehead atoms. The molecule has 0 aliphatic rings. The summed E-state index contributed by atoms with van der Waals surface area (Å²) in [5, 5.41) is 0. The van der Waals surface area contributed by atoms with Gasteiger partial charge in [0.1, 0.15) is 0 Å². The Bertz CT molecular complexity index is 86.5. The highest BCUT2D eigenvalue weighted by atomic mass is 35.5. The van der Waals surface area contributed by atoms with Gasteiger partial charge in [0.2, 0.25) is 0 Å². The Morgan fingerprint density at radius 3 is 1.75 bits per heavy atom. The average Bonchev–Trinajstić information content (AvgIpc) is 1.69. The molecule has 46 valence electrons. The summed E-state index contributed by atoms with van der Waals surface area (Å²) in [5.74, 6) is 0.0185. The van der Waals surface area contributed by atoms with Crippen molar-refractivity contribution >= 4 is 17.4 Å². The van der Waals surface area contributed by atoms with Crippen LogP contribution >= 0.6 is 11.6 Å². The molecule has 0 fully saturated rings. The molecule has 0 rings (SSSR count). The summed E-state index contributed by atoms with van der Waals surface area (Å²) < 4.78 is 0. The Kier molecular flexibility index (Phi) is 12.6. The molecule has 0 amide bonds. The van der Waals surface area contributed by atoms with Crippen LogP contribution < -0.4 is 0 Å². The van der Waals surface area contributed by atoms with E-state index in [0.717, 1.165) is 0 Å². The summed E-state index contributed by atoms with van der Waals surface area (Å²) in [4.78, 5) is 9.69. The van der Waals surface area contributed by atoms with Gasteiger partial charge in [-0.05, 0) is 18.5 Å². The van der Waals surface area contributed by atoms with Crippen LogP contribution in [0.4, 0.5) is 0 Å². The van der Waals surface area contributed by atoms with Crippen molar-refractivity contribution in [1.29, 1.82) is 0 Å². The van der Waals surface area contributed by atoms with Crippen LogP contribution in [0.25, 0.3) is 0 Å². The van der Waals surface area contributed by atoms with Gasteiger partial charge in [-0.1, -0.05) is 24.8 Å². The molecule has 2 heteroatoms. The summed E-state index contributed by atoms with van der Waals surface area (Å²) in [6.45, 7) is 7.80. The third-order valence-corrected chi connectivity index (χ3v) is 0.287. The van der Waals surface area contributed by atoms with Crippen LogP contribution in [-0.4, -0.2) is 5.78 Å². The fourth-order valence-electron chi connectivity index (χ4n) is 0. The molecule has 0 spiro atoms. The van der Waals surface area contributed by atoms with Gasteiger partial charge in [0.15, 0.2) is 5.78 Å². The summed E-state index contributed by atoms with van der Waals surface area (Å²) in [6, 6.07) is 0. The number of halogens is 1. The molecule has 0 aliphatic heterocycles. The van der Waals surface area contributed by atoms with Crippen molar-refractivity contribution in [3.63, 3.8) is 0 Å². The van der Waals surface area contributed by atoms with Gasteiger partial charge in [-0.3, -0.25) is 4.79 Å². The molecule has 0 N–H and O–H groups in total. The van der Waals surface area contributed by atoms with Gasteiger partial charge in [0, 0.05) is 0 Å². The van der Waals surface area contributed by atoms with E-state index in [1.165, 1.54) is 18.5 Å². The van der Waals surface area contributed by atoms with E-state index in [0.29, 0.717) is 0 Å². The lowest BCUT2D eigenvalue weighted by molar-refractivity contribution is -0.112. The van der Waals surface area contributed by atoms with Crippen LogP contribution in [-0.2, 0) is 4.79 Å². The van der Waals surface area contributed by atoms with Gasteiger partial charge >= 0.3 is 0 Å². The van der Waals surface area contributed by atoms with Gasteiger partial charge in [-0.15, -0.1) is 0 Å². The summed E-state index contributed by atoms with van der Waals surface area (Å²) >= 11 is 4.76. The Balaban J connectivity index is 0. The monoisotopic (exact) mass is 132 g/mol. The van der Waals surface area contributed by atoms with Gasteiger partial charge < -0.3 is 0 Å². The minimum Gasteiger partial charge on any atom is -0.295 e. The average molecular weight is 133 g/mol. The second-order valence-corrected chi connectivity index (χ2v) is 1.28. The first-order valence-corrected chi connectivity index (χ1v) is 2.46. The molecular formula is C6H9ClO. The molecule has 0 unspecified atom stereocenters. The Hall–Kier alpha value is -0.560. The summed E-state index contributed by atoms with van der Waals surface area (Å²) in [5.41, 5.74) is 1.22. The fraction of sp³-hybridized carbons (Fsp3) is 0.167. The normalized spacial score (nSPS) is 5.75. The number of hydrogen-bond acceptors (Lipinski definition) is 1. The SMILES string of the molecule is C=CC(C)=O.C=CCl. The highest BCUT2D eigenvalue weighted by molar-refractivity contribution is 6.25. The number of hydrogen-bond donors (Lipinski definition) is 0. The highest BCUT2D eigenvalue weighted by Crippen LogP contribution is 1.61. The predicted molar refractivity (Wildman–Crippen MR) is 36.9 cm³/mol. The van der Waals surface area contributed by atoms with Crippen LogP contribution in [0.2, 0.25) is 0 Å². The van der Waals surface area contributed by atoms with Crippen LogP contribution in [0.5, 0.6) is 0 Å². The third kappa shape index (κ3) is 51.7. The van der Waals surface area contributed by atoms with E-state index >= 15 is 0 Å². The molecule has 0 radical (unpaired) electrons. The summed E-state index contributed by atoms with van der Waals surface area (Å²) in [7, 11) is 0. The minimum absolute atomic E-state index is 0.0185. The van der Waals surface area contributed by atoms with E-state index in [9.17, 15) is 4.79 Å². The zero-order chi connectivity index (χ0) is 6.99. The highest BCUT2D eigenvalue weighted by Gasteiger charge is 1.69. The van der Waals surface area contributed by atoms with Crippen molar-refractivity contribution in [2.24, 2.45) is 0 Å². The number of ketones is 1. The lowest BCUT2D eigenvalue weighted by Crippen LogP contribution is -1.74. The fourth-order valence-corrected chi connectivity index (χ4v) is 0. The number of allylic oxidation sites excluding steroid dienone is 1. The zero-order valence-electron chi connectivity index (χ0n) is 4.86. The van der Waals surface area contributed by atoms with E-state index in [2.05, 4.69) is 13.2 Å². The first-order chi connectivity index (χ1) is 3.68. The number of carbonyl (C=O) groups is 1. The van der Waals surface area contributed by atoms with Crippen LogP contribution in [0.15, 0.2) is 24.8 Å². The van der Waals surface area contributed by atoms with Crippen molar-refractivity contribution in [3.8, 4) is 0 Å². The number of rotatable bonds is 1. The molecule has 0 aromatic carbocycles. The second-order valence-electron chi connectivity index (χ2n) is 0.969. The van der Waals surface area contributed by atoms with Gasteiger partial charge in [-0.2, -0.15) is 0 Å². The maximum atomic E-state index is 9.69. The quantitative estimate of drug-likeness (QED) is 0.500. The van der Waals surface area contributed by atoms with Crippen molar-refractivity contribution in [2.75, 3.05) is 0 Å². The first-order valence-electron chi connectivity index (χ1n) is 2.03. The molecule has 0 aliphatic carbocycles. The smallest absolute Gasteiger partial charge is 0.152 e.